The van der Waals surface area contributed by atoms with Crippen molar-refractivity contribution in [2.75, 3.05) is 0 Å². The van der Waals surface area contributed by atoms with E-state index in [4.69, 9.17) is 5.10 Å². The largest absolute Gasteiger partial charge is 0.271 e. The lowest BCUT2D eigenvalue weighted by atomic mass is 10.1. The summed E-state index contributed by atoms with van der Waals surface area (Å²) >= 11 is 0. The number of amides is 1. The fourth-order valence-electron chi connectivity index (χ4n) is 2.97. The first kappa shape index (κ1) is 18.3. The van der Waals surface area contributed by atoms with Gasteiger partial charge in [-0.3, -0.25) is 9.78 Å². The molecule has 4 rings (SSSR count). The summed E-state index contributed by atoms with van der Waals surface area (Å²) in [5, 5.41) is 8.91. The number of hydrogen-bond donors (Lipinski definition) is 1. The molecule has 0 spiro atoms. The van der Waals surface area contributed by atoms with Gasteiger partial charge in [0.25, 0.3) is 5.91 Å². The van der Waals surface area contributed by atoms with E-state index in [1.807, 2.05) is 72.4 Å². The van der Waals surface area contributed by atoms with Gasteiger partial charge in [0, 0.05) is 35.3 Å². The van der Waals surface area contributed by atoms with Gasteiger partial charge in [0.15, 0.2) is 0 Å². The predicted molar refractivity (Wildman–Crippen MR) is 113 cm³/mol. The maximum atomic E-state index is 12.2. The fourth-order valence-corrected chi connectivity index (χ4v) is 2.97. The second kappa shape index (κ2) is 8.31. The molecular weight excluding hydrogens is 362 g/mol. The van der Waals surface area contributed by atoms with Crippen molar-refractivity contribution in [3.8, 4) is 16.9 Å². The van der Waals surface area contributed by atoms with Gasteiger partial charge in [-0.15, -0.1) is 0 Å². The van der Waals surface area contributed by atoms with Crippen molar-refractivity contribution in [1.82, 2.24) is 20.2 Å². The van der Waals surface area contributed by atoms with Crippen LogP contribution < -0.4 is 5.43 Å². The Balaban J connectivity index is 1.66. The van der Waals surface area contributed by atoms with E-state index in [2.05, 4.69) is 15.5 Å². The Kier molecular flexibility index (Phi) is 5.25. The van der Waals surface area contributed by atoms with Crippen LogP contribution in [0.1, 0.15) is 21.5 Å². The highest BCUT2D eigenvalue weighted by atomic mass is 16.2. The van der Waals surface area contributed by atoms with Crippen LogP contribution in [0.2, 0.25) is 0 Å². The predicted octanol–water partition coefficient (Wildman–Crippen LogP) is 4.01. The number of carbonyl (C=O) groups is 1. The molecule has 2 aromatic heterocycles. The molecule has 6 heteroatoms. The molecule has 1 amide bonds. The molecule has 0 aliphatic heterocycles. The number of nitrogens with zero attached hydrogens (tertiary/aromatic N) is 4. The van der Waals surface area contributed by atoms with Crippen LogP contribution in [0.5, 0.6) is 0 Å². The lowest BCUT2D eigenvalue weighted by Crippen LogP contribution is -2.17. The highest BCUT2D eigenvalue weighted by molar-refractivity contribution is 5.95. The summed E-state index contributed by atoms with van der Waals surface area (Å²) in [5.41, 5.74) is 7.72. The molecule has 0 atom stereocenters. The molecule has 0 fully saturated rings. The van der Waals surface area contributed by atoms with E-state index in [-0.39, 0.29) is 5.91 Å². The van der Waals surface area contributed by atoms with Crippen molar-refractivity contribution >= 4 is 12.1 Å². The second-order valence-corrected chi connectivity index (χ2v) is 6.47. The van der Waals surface area contributed by atoms with Crippen molar-refractivity contribution in [3.63, 3.8) is 0 Å². The van der Waals surface area contributed by atoms with E-state index in [1.54, 1.807) is 30.7 Å². The van der Waals surface area contributed by atoms with Crippen LogP contribution in [0.15, 0.2) is 90.4 Å². The Hall–Kier alpha value is -4.06. The van der Waals surface area contributed by atoms with Gasteiger partial charge < -0.3 is 0 Å². The third kappa shape index (κ3) is 4.11. The minimum atomic E-state index is -0.295. The highest BCUT2D eigenvalue weighted by Gasteiger charge is 2.12. The van der Waals surface area contributed by atoms with E-state index >= 15 is 0 Å². The first-order chi connectivity index (χ1) is 14.2. The number of rotatable bonds is 5. The van der Waals surface area contributed by atoms with Crippen molar-refractivity contribution in [2.45, 2.75) is 6.92 Å². The third-order valence-electron chi connectivity index (χ3n) is 4.46. The Bertz CT molecular complexity index is 1150. The average Bonchev–Trinajstić information content (AvgIpc) is 3.19. The van der Waals surface area contributed by atoms with Crippen molar-refractivity contribution in [1.29, 1.82) is 0 Å². The molecule has 0 aliphatic rings. The van der Waals surface area contributed by atoms with Crippen LogP contribution >= 0.6 is 0 Å². The topological polar surface area (TPSA) is 72.2 Å². The quantitative estimate of drug-likeness (QED) is 0.419. The van der Waals surface area contributed by atoms with Crippen molar-refractivity contribution in [3.05, 3.63) is 102 Å². The number of hydrazone groups is 1. The molecule has 2 heterocycles. The molecule has 0 saturated carbocycles. The van der Waals surface area contributed by atoms with Crippen molar-refractivity contribution < 1.29 is 4.79 Å². The van der Waals surface area contributed by atoms with Crippen LogP contribution in [-0.4, -0.2) is 26.9 Å². The second-order valence-electron chi connectivity index (χ2n) is 6.47. The molecule has 0 bridgehead atoms. The molecule has 142 valence electrons. The van der Waals surface area contributed by atoms with Gasteiger partial charge in [0.05, 0.1) is 11.9 Å². The summed E-state index contributed by atoms with van der Waals surface area (Å²) in [7, 11) is 0. The van der Waals surface area contributed by atoms with Crippen LogP contribution in [0.25, 0.3) is 16.9 Å². The van der Waals surface area contributed by atoms with E-state index in [9.17, 15) is 4.79 Å². The maximum absolute atomic E-state index is 12.2. The number of para-hydroxylation sites is 1. The van der Waals surface area contributed by atoms with Gasteiger partial charge in [-0.1, -0.05) is 48.5 Å². The minimum Gasteiger partial charge on any atom is -0.267 e. The summed E-state index contributed by atoms with van der Waals surface area (Å²) in [4.78, 5) is 16.1. The molecule has 0 unspecified atom stereocenters. The monoisotopic (exact) mass is 381 g/mol. The molecule has 0 aliphatic carbocycles. The standard InChI is InChI=1S/C23H19N5O/c1-17-7-5-6-10-21(17)28-16-20(22(27-28)18-8-3-2-4-9-18)15-25-26-23(29)19-11-13-24-14-12-19/h2-16H,1H3,(H,26,29)/b25-15-. The van der Waals surface area contributed by atoms with E-state index < -0.39 is 0 Å². The molecule has 1 N–H and O–H groups in total. The normalized spacial score (nSPS) is 10.9. The van der Waals surface area contributed by atoms with Gasteiger partial charge in [0.1, 0.15) is 5.69 Å². The van der Waals surface area contributed by atoms with Gasteiger partial charge >= 0.3 is 0 Å². The number of benzene rings is 2. The summed E-state index contributed by atoms with van der Waals surface area (Å²) < 4.78 is 1.84. The zero-order valence-electron chi connectivity index (χ0n) is 15.9. The fraction of sp³-hybridized carbons (Fsp3) is 0.0435. The van der Waals surface area contributed by atoms with Gasteiger partial charge in [-0.2, -0.15) is 10.2 Å². The first-order valence-corrected chi connectivity index (χ1v) is 9.17. The van der Waals surface area contributed by atoms with Crippen LogP contribution in [0, 0.1) is 6.92 Å². The average molecular weight is 381 g/mol. The first-order valence-electron chi connectivity index (χ1n) is 9.17. The van der Waals surface area contributed by atoms with Gasteiger partial charge in [0.2, 0.25) is 0 Å². The Morgan fingerprint density at radius 3 is 2.48 bits per heavy atom. The number of hydrogen-bond acceptors (Lipinski definition) is 4. The molecule has 4 aromatic rings. The number of nitrogens with one attached hydrogen (secondary N) is 1. The zero-order chi connectivity index (χ0) is 20.1. The highest BCUT2D eigenvalue weighted by Crippen LogP contribution is 2.23. The van der Waals surface area contributed by atoms with Crippen LogP contribution in [-0.2, 0) is 0 Å². The van der Waals surface area contributed by atoms with Gasteiger partial charge in [-0.05, 0) is 30.7 Å². The lowest BCUT2D eigenvalue weighted by Gasteiger charge is -2.04. The van der Waals surface area contributed by atoms with E-state index in [1.165, 1.54) is 0 Å². The number of aryl methyl sites for hydroxylation is 1. The zero-order valence-corrected chi connectivity index (χ0v) is 15.9. The van der Waals surface area contributed by atoms with Crippen LogP contribution in [0.3, 0.4) is 0 Å². The number of aromatic nitrogens is 3. The summed E-state index contributed by atoms with van der Waals surface area (Å²) in [6.45, 7) is 2.04. The summed E-state index contributed by atoms with van der Waals surface area (Å²) in [6, 6.07) is 21.2. The number of pyridine rings is 1. The summed E-state index contributed by atoms with van der Waals surface area (Å²) in [5.74, 6) is -0.295. The van der Waals surface area contributed by atoms with Crippen LogP contribution in [0.4, 0.5) is 0 Å². The minimum absolute atomic E-state index is 0.295. The molecular formula is C23H19N5O. The molecule has 2 aromatic carbocycles. The van der Waals surface area contributed by atoms with E-state index in [0.717, 1.165) is 28.1 Å². The SMILES string of the molecule is Cc1ccccc1-n1cc(/C=N\NC(=O)c2ccncc2)c(-c2ccccc2)n1. The smallest absolute Gasteiger partial charge is 0.267 e. The summed E-state index contributed by atoms with van der Waals surface area (Å²) in [6.07, 6.45) is 6.66. The van der Waals surface area contributed by atoms with Crippen molar-refractivity contribution in [2.24, 2.45) is 5.10 Å². The van der Waals surface area contributed by atoms with E-state index in [0.29, 0.717) is 5.56 Å². The maximum Gasteiger partial charge on any atom is 0.271 e. The Labute approximate surface area is 168 Å². The van der Waals surface area contributed by atoms with Gasteiger partial charge in [-0.25, -0.2) is 10.1 Å². The molecule has 0 radical (unpaired) electrons. The molecule has 6 nitrogen and oxygen atoms in total. The number of carbonyl (C=O) groups excluding carboxylic acids is 1. The molecule has 29 heavy (non-hydrogen) atoms. The Morgan fingerprint density at radius 2 is 1.72 bits per heavy atom. The molecule has 0 saturated heterocycles. The lowest BCUT2D eigenvalue weighted by molar-refractivity contribution is 0.0955. The Morgan fingerprint density at radius 1 is 1.00 bits per heavy atom. The third-order valence-corrected chi connectivity index (χ3v) is 4.46.